The summed E-state index contributed by atoms with van der Waals surface area (Å²) in [6.07, 6.45) is 2.71. The molecule has 25 heavy (non-hydrogen) atoms. The molecular formula is C19H28O6. The zero-order valence-corrected chi connectivity index (χ0v) is 15.4. The van der Waals surface area contributed by atoms with Gasteiger partial charge in [-0.05, 0) is 37.0 Å². The van der Waals surface area contributed by atoms with Gasteiger partial charge in [0.25, 0.3) is 0 Å². The van der Waals surface area contributed by atoms with E-state index >= 15 is 0 Å². The second-order valence-corrected chi connectivity index (χ2v) is 6.03. The van der Waals surface area contributed by atoms with Crippen LogP contribution in [0.25, 0.3) is 0 Å². The van der Waals surface area contributed by atoms with Gasteiger partial charge in [-0.3, -0.25) is 9.59 Å². The molecule has 0 aromatic heterocycles. The van der Waals surface area contributed by atoms with E-state index in [9.17, 15) is 14.7 Å². The van der Waals surface area contributed by atoms with Gasteiger partial charge in [0.15, 0.2) is 11.5 Å². The molecule has 0 bridgehead atoms. The number of aryl methyl sites for hydroxylation is 1. The van der Waals surface area contributed by atoms with Crippen LogP contribution < -0.4 is 4.74 Å². The van der Waals surface area contributed by atoms with Crippen LogP contribution >= 0.6 is 0 Å². The van der Waals surface area contributed by atoms with Crippen molar-refractivity contribution < 1.29 is 28.9 Å². The molecule has 6 heteroatoms. The number of phenols is 1. The van der Waals surface area contributed by atoms with Gasteiger partial charge in [0.05, 0.1) is 7.11 Å². The molecule has 0 saturated carbocycles. The van der Waals surface area contributed by atoms with E-state index in [4.69, 9.17) is 14.2 Å². The number of carbonyl (C=O) groups is 2. The number of hydrogen-bond acceptors (Lipinski definition) is 6. The Labute approximate surface area is 149 Å². The van der Waals surface area contributed by atoms with Crippen LogP contribution in [0.1, 0.15) is 52.0 Å². The van der Waals surface area contributed by atoms with Crippen LogP contribution in [-0.4, -0.2) is 36.4 Å². The number of methoxy groups -OCH3 is 1. The van der Waals surface area contributed by atoms with Crippen LogP contribution in [0.15, 0.2) is 18.2 Å². The highest BCUT2D eigenvalue weighted by Gasteiger charge is 2.21. The van der Waals surface area contributed by atoms with E-state index in [1.54, 1.807) is 18.2 Å². The molecule has 140 valence electrons. The van der Waals surface area contributed by atoms with Crippen molar-refractivity contribution in [3.05, 3.63) is 23.8 Å². The van der Waals surface area contributed by atoms with E-state index in [0.29, 0.717) is 25.0 Å². The van der Waals surface area contributed by atoms with Gasteiger partial charge in [-0.25, -0.2) is 0 Å². The summed E-state index contributed by atoms with van der Waals surface area (Å²) >= 11 is 0. The maximum Gasteiger partial charge on any atom is 0.302 e. The predicted molar refractivity (Wildman–Crippen MR) is 93.6 cm³/mol. The molecule has 1 rings (SSSR count). The van der Waals surface area contributed by atoms with Gasteiger partial charge in [0.2, 0.25) is 0 Å². The van der Waals surface area contributed by atoms with Crippen molar-refractivity contribution in [3.63, 3.8) is 0 Å². The fourth-order valence-electron chi connectivity index (χ4n) is 2.74. The maximum atomic E-state index is 11.4. The van der Waals surface area contributed by atoms with Crippen molar-refractivity contribution in [2.45, 2.75) is 65.1 Å². The van der Waals surface area contributed by atoms with Gasteiger partial charge in [-0.15, -0.1) is 0 Å². The van der Waals surface area contributed by atoms with E-state index in [-0.39, 0.29) is 29.9 Å². The molecule has 2 unspecified atom stereocenters. The molecule has 0 aliphatic rings. The summed E-state index contributed by atoms with van der Waals surface area (Å²) in [6, 6.07) is 5.14. The Hall–Kier alpha value is -2.24. The first kappa shape index (κ1) is 20.8. The van der Waals surface area contributed by atoms with Gasteiger partial charge in [0.1, 0.15) is 12.2 Å². The minimum atomic E-state index is -0.355. The number of benzene rings is 1. The van der Waals surface area contributed by atoms with Crippen molar-refractivity contribution in [1.29, 1.82) is 0 Å². The van der Waals surface area contributed by atoms with Crippen LogP contribution in [0.2, 0.25) is 0 Å². The maximum absolute atomic E-state index is 11.4. The highest BCUT2D eigenvalue weighted by Crippen LogP contribution is 2.27. The largest absolute Gasteiger partial charge is 0.504 e. The summed E-state index contributed by atoms with van der Waals surface area (Å²) in [5.74, 6) is -0.194. The molecule has 0 aliphatic heterocycles. The Bertz CT molecular complexity index is 569. The number of hydrogen-bond donors (Lipinski definition) is 1. The molecular weight excluding hydrogens is 324 g/mol. The second-order valence-electron chi connectivity index (χ2n) is 6.03. The van der Waals surface area contributed by atoms with Crippen LogP contribution in [0.3, 0.4) is 0 Å². The van der Waals surface area contributed by atoms with Crippen molar-refractivity contribution in [3.8, 4) is 11.5 Å². The van der Waals surface area contributed by atoms with Crippen LogP contribution in [0.4, 0.5) is 0 Å². The molecule has 0 heterocycles. The molecule has 0 saturated heterocycles. The Balaban J connectivity index is 2.74. The number of ether oxygens (including phenoxy) is 3. The number of aromatic hydroxyl groups is 1. The van der Waals surface area contributed by atoms with Gasteiger partial charge in [-0.2, -0.15) is 0 Å². The highest BCUT2D eigenvalue weighted by atomic mass is 16.6. The van der Waals surface area contributed by atoms with Crippen LogP contribution in [0, 0.1) is 0 Å². The van der Waals surface area contributed by atoms with Crippen molar-refractivity contribution in [2.24, 2.45) is 0 Å². The molecule has 0 fully saturated rings. The summed E-state index contributed by atoms with van der Waals surface area (Å²) < 4.78 is 15.8. The first-order valence-corrected chi connectivity index (χ1v) is 8.56. The fourth-order valence-corrected chi connectivity index (χ4v) is 2.74. The number of phenolic OH excluding ortho intramolecular Hbond substituents is 1. The molecule has 1 aromatic rings. The quantitative estimate of drug-likeness (QED) is 0.650. The molecule has 0 spiro atoms. The molecule has 1 aromatic carbocycles. The van der Waals surface area contributed by atoms with E-state index in [0.717, 1.165) is 18.4 Å². The lowest BCUT2D eigenvalue weighted by atomic mass is 10.00. The Morgan fingerprint density at radius 2 is 1.68 bits per heavy atom. The lowest BCUT2D eigenvalue weighted by molar-refractivity contribution is -0.153. The topological polar surface area (TPSA) is 82.1 Å². The van der Waals surface area contributed by atoms with Gasteiger partial charge >= 0.3 is 11.9 Å². The third-order valence-electron chi connectivity index (χ3n) is 3.80. The average molecular weight is 352 g/mol. The minimum absolute atomic E-state index is 0.0839. The standard InChI is InChI=1S/C19H28O6/c1-5-6-16(24-13(2)20)12-17(25-14(3)21)9-7-15-8-10-18(22)19(11-15)23-4/h8,10-11,16-17,22H,5-7,9,12H2,1-4H3. The lowest BCUT2D eigenvalue weighted by Gasteiger charge is -2.23. The van der Waals surface area contributed by atoms with Crippen LogP contribution in [-0.2, 0) is 25.5 Å². The zero-order valence-electron chi connectivity index (χ0n) is 15.4. The molecule has 1 N–H and O–H groups in total. The van der Waals surface area contributed by atoms with Gasteiger partial charge in [-0.1, -0.05) is 19.4 Å². The van der Waals surface area contributed by atoms with Gasteiger partial charge in [0, 0.05) is 20.3 Å². The smallest absolute Gasteiger partial charge is 0.302 e. The van der Waals surface area contributed by atoms with Crippen molar-refractivity contribution in [1.82, 2.24) is 0 Å². The summed E-state index contributed by atoms with van der Waals surface area (Å²) in [4.78, 5) is 22.6. The first-order valence-electron chi connectivity index (χ1n) is 8.56. The second kappa shape index (κ2) is 10.6. The number of rotatable bonds is 10. The predicted octanol–water partition coefficient (Wildman–Crippen LogP) is 3.39. The third kappa shape index (κ3) is 7.92. The van der Waals surface area contributed by atoms with E-state index < -0.39 is 0 Å². The Morgan fingerprint density at radius 3 is 2.20 bits per heavy atom. The molecule has 0 radical (unpaired) electrons. The molecule has 6 nitrogen and oxygen atoms in total. The SMILES string of the molecule is CCCC(CC(CCc1ccc(O)c(OC)c1)OC(C)=O)OC(C)=O. The summed E-state index contributed by atoms with van der Waals surface area (Å²) in [5, 5.41) is 9.65. The average Bonchev–Trinajstić information content (AvgIpc) is 2.53. The number of esters is 2. The zero-order chi connectivity index (χ0) is 18.8. The normalized spacial score (nSPS) is 13.0. The Kier molecular flexibility index (Phi) is 8.81. The summed E-state index contributed by atoms with van der Waals surface area (Å²) in [5.41, 5.74) is 0.964. The van der Waals surface area contributed by atoms with Gasteiger partial charge < -0.3 is 19.3 Å². The van der Waals surface area contributed by atoms with Crippen molar-refractivity contribution in [2.75, 3.05) is 7.11 Å². The highest BCUT2D eigenvalue weighted by molar-refractivity contribution is 5.66. The first-order chi connectivity index (χ1) is 11.8. The Morgan fingerprint density at radius 1 is 1.08 bits per heavy atom. The third-order valence-corrected chi connectivity index (χ3v) is 3.80. The molecule has 2 atom stereocenters. The van der Waals surface area contributed by atoms with E-state index in [1.165, 1.54) is 21.0 Å². The summed E-state index contributed by atoms with van der Waals surface area (Å²) in [7, 11) is 1.49. The van der Waals surface area contributed by atoms with E-state index in [1.807, 2.05) is 6.92 Å². The van der Waals surface area contributed by atoms with Crippen molar-refractivity contribution >= 4 is 11.9 Å². The molecule has 0 aliphatic carbocycles. The monoisotopic (exact) mass is 352 g/mol. The van der Waals surface area contributed by atoms with Crippen LogP contribution in [0.5, 0.6) is 11.5 Å². The van der Waals surface area contributed by atoms with E-state index in [2.05, 4.69) is 0 Å². The number of carbonyl (C=O) groups excluding carboxylic acids is 2. The lowest BCUT2D eigenvalue weighted by Crippen LogP contribution is -2.26. The minimum Gasteiger partial charge on any atom is -0.504 e. The fraction of sp³-hybridized carbons (Fsp3) is 0.579. The summed E-state index contributed by atoms with van der Waals surface area (Å²) in [6.45, 7) is 4.77. The molecule has 0 amide bonds.